The van der Waals surface area contributed by atoms with Gasteiger partial charge in [0.2, 0.25) is 0 Å². The summed E-state index contributed by atoms with van der Waals surface area (Å²) in [6, 6.07) is 11.2. The molecule has 0 spiro atoms. The molecule has 0 amide bonds. The minimum atomic E-state index is 0. The number of likely N-dealkylation sites (N-methyl/N-ethyl adjacent to an activating group) is 1. The van der Waals surface area contributed by atoms with E-state index in [9.17, 15) is 0 Å². The maximum absolute atomic E-state index is 4.79. The first-order valence-corrected chi connectivity index (χ1v) is 8.21. The van der Waals surface area contributed by atoms with Gasteiger partial charge in [-0.15, -0.1) is 24.0 Å². The molecule has 2 N–H and O–H groups in total. The second kappa shape index (κ2) is 11.7. The van der Waals surface area contributed by atoms with Gasteiger partial charge in [-0.2, -0.15) is 0 Å². The lowest BCUT2D eigenvalue weighted by atomic mass is 10.1. The molecule has 0 aromatic heterocycles. The van der Waals surface area contributed by atoms with E-state index in [1.54, 1.807) is 0 Å². The smallest absolute Gasteiger partial charge is 0.191 e. The van der Waals surface area contributed by atoms with Gasteiger partial charge in [-0.3, -0.25) is 4.99 Å². The lowest BCUT2D eigenvalue weighted by molar-refractivity contribution is 0.306. The van der Waals surface area contributed by atoms with Crippen molar-refractivity contribution in [3.05, 3.63) is 35.9 Å². The molecule has 0 aliphatic carbocycles. The van der Waals surface area contributed by atoms with Crippen LogP contribution < -0.4 is 10.6 Å². The zero-order chi connectivity index (χ0) is 16.5. The molecule has 1 rings (SSSR count). The Morgan fingerprint density at radius 2 is 1.74 bits per heavy atom. The van der Waals surface area contributed by atoms with Crippen LogP contribution in [0.3, 0.4) is 0 Å². The molecule has 1 aromatic rings. The number of guanidine groups is 1. The number of halogens is 1. The third-order valence-electron chi connectivity index (χ3n) is 3.94. The monoisotopic (exact) mass is 432 g/mol. The van der Waals surface area contributed by atoms with Crippen LogP contribution in [0, 0.1) is 5.92 Å². The third kappa shape index (κ3) is 8.01. The molecule has 23 heavy (non-hydrogen) atoms. The van der Waals surface area contributed by atoms with E-state index in [0.29, 0.717) is 12.0 Å². The SMILES string of the molecule is CCNC(=NCC(c1ccccc1)N(C)C)NC(C)C(C)C.I. The minimum absolute atomic E-state index is 0. The van der Waals surface area contributed by atoms with Crippen molar-refractivity contribution in [2.75, 3.05) is 27.2 Å². The maximum atomic E-state index is 4.79. The first kappa shape index (κ1) is 22.2. The number of benzene rings is 1. The minimum Gasteiger partial charge on any atom is -0.357 e. The molecule has 5 heteroatoms. The third-order valence-corrected chi connectivity index (χ3v) is 3.94. The summed E-state index contributed by atoms with van der Waals surface area (Å²) in [5.41, 5.74) is 1.30. The van der Waals surface area contributed by atoms with Gasteiger partial charge >= 0.3 is 0 Å². The van der Waals surface area contributed by atoms with Gasteiger partial charge in [-0.1, -0.05) is 44.2 Å². The van der Waals surface area contributed by atoms with Gasteiger partial charge in [-0.05, 0) is 39.4 Å². The zero-order valence-electron chi connectivity index (χ0n) is 15.3. The van der Waals surface area contributed by atoms with Gasteiger partial charge in [0, 0.05) is 12.6 Å². The number of hydrogen-bond donors (Lipinski definition) is 2. The zero-order valence-corrected chi connectivity index (χ0v) is 17.7. The van der Waals surface area contributed by atoms with Crippen LogP contribution in [0.25, 0.3) is 0 Å². The summed E-state index contributed by atoms with van der Waals surface area (Å²) in [4.78, 5) is 7.00. The van der Waals surface area contributed by atoms with Gasteiger partial charge in [0.05, 0.1) is 12.6 Å². The Bertz CT molecular complexity index is 446. The Hall–Kier alpha value is -0.820. The van der Waals surface area contributed by atoms with E-state index in [1.165, 1.54) is 5.56 Å². The second-order valence-corrected chi connectivity index (χ2v) is 6.29. The van der Waals surface area contributed by atoms with E-state index in [0.717, 1.165) is 19.0 Å². The van der Waals surface area contributed by atoms with Crippen molar-refractivity contribution < 1.29 is 0 Å². The van der Waals surface area contributed by atoms with Crippen LogP contribution in [0.15, 0.2) is 35.3 Å². The molecule has 4 nitrogen and oxygen atoms in total. The molecular weight excluding hydrogens is 399 g/mol. The maximum Gasteiger partial charge on any atom is 0.191 e. The summed E-state index contributed by atoms with van der Waals surface area (Å²) < 4.78 is 0. The van der Waals surface area contributed by atoms with Gasteiger partial charge in [0.1, 0.15) is 0 Å². The van der Waals surface area contributed by atoms with Crippen LogP contribution in [0.5, 0.6) is 0 Å². The molecule has 132 valence electrons. The first-order chi connectivity index (χ1) is 10.5. The lowest BCUT2D eigenvalue weighted by Crippen LogP contribution is -2.44. The summed E-state index contributed by atoms with van der Waals surface area (Å²) >= 11 is 0. The molecule has 0 fully saturated rings. The van der Waals surface area contributed by atoms with Crippen molar-refractivity contribution in [2.45, 2.75) is 39.8 Å². The molecule has 0 radical (unpaired) electrons. The predicted molar refractivity (Wildman–Crippen MR) is 112 cm³/mol. The van der Waals surface area contributed by atoms with E-state index < -0.39 is 0 Å². The Balaban J connectivity index is 0.00000484. The van der Waals surface area contributed by atoms with Crippen molar-refractivity contribution in [1.82, 2.24) is 15.5 Å². The molecule has 1 aromatic carbocycles. The van der Waals surface area contributed by atoms with Gasteiger partial charge in [0.25, 0.3) is 0 Å². The van der Waals surface area contributed by atoms with Crippen molar-refractivity contribution in [3.63, 3.8) is 0 Å². The summed E-state index contributed by atoms with van der Waals surface area (Å²) in [5, 5.41) is 6.82. The average molecular weight is 432 g/mol. The normalized spacial score (nSPS) is 14.3. The standard InChI is InChI=1S/C18H32N4.HI/c1-7-19-18(21-15(4)14(2)3)20-13-17(22(5)6)16-11-9-8-10-12-16;/h8-12,14-15,17H,7,13H2,1-6H3,(H2,19,20,21);1H. The van der Waals surface area contributed by atoms with Crippen LogP contribution in [0.4, 0.5) is 0 Å². The van der Waals surface area contributed by atoms with Crippen molar-refractivity contribution in [3.8, 4) is 0 Å². The summed E-state index contributed by atoms with van der Waals surface area (Å²) in [5.74, 6) is 1.47. The first-order valence-electron chi connectivity index (χ1n) is 8.21. The van der Waals surface area contributed by atoms with Crippen molar-refractivity contribution in [1.29, 1.82) is 0 Å². The fraction of sp³-hybridized carbons (Fsp3) is 0.611. The molecule has 0 aliphatic rings. The van der Waals surface area contributed by atoms with Crippen molar-refractivity contribution >= 4 is 29.9 Å². The Morgan fingerprint density at radius 3 is 2.22 bits per heavy atom. The largest absolute Gasteiger partial charge is 0.357 e. The number of nitrogens with zero attached hydrogens (tertiary/aromatic N) is 2. The molecule has 2 atom stereocenters. The highest BCUT2D eigenvalue weighted by molar-refractivity contribution is 14.0. The Kier molecular flexibility index (Phi) is 11.3. The van der Waals surface area contributed by atoms with E-state index >= 15 is 0 Å². The second-order valence-electron chi connectivity index (χ2n) is 6.29. The molecule has 0 bridgehead atoms. The van der Waals surface area contributed by atoms with Gasteiger partial charge in [0.15, 0.2) is 5.96 Å². The van der Waals surface area contributed by atoms with Crippen LogP contribution >= 0.6 is 24.0 Å². The number of hydrogen-bond acceptors (Lipinski definition) is 2. The Morgan fingerprint density at radius 1 is 1.13 bits per heavy atom. The van der Waals surface area contributed by atoms with Crippen LogP contribution in [-0.4, -0.2) is 44.1 Å². The predicted octanol–water partition coefficient (Wildman–Crippen LogP) is 3.51. The van der Waals surface area contributed by atoms with E-state index in [1.807, 2.05) is 0 Å². The number of aliphatic imine (C=N–C) groups is 1. The molecule has 0 saturated carbocycles. The number of rotatable bonds is 7. The molecule has 2 unspecified atom stereocenters. The highest BCUT2D eigenvalue weighted by atomic mass is 127. The molecule has 0 aliphatic heterocycles. The van der Waals surface area contributed by atoms with Gasteiger partial charge < -0.3 is 15.5 Å². The summed E-state index contributed by atoms with van der Waals surface area (Å²) in [6.07, 6.45) is 0. The number of nitrogens with one attached hydrogen (secondary N) is 2. The lowest BCUT2D eigenvalue weighted by Gasteiger charge is -2.25. The average Bonchev–Trinajstić information content (AvgIpc) is 2.48. The Labute approximate surface area is 159 Å². The van der Waals surface area contributed by atoms with E-state index in [2.05, 4.69) is 87.7 Å². The highest BCUT2D eigenvalue weighted by Gasteiger charge is 2.14. The fourth-order valence-electron chi connectivity index (χ4n) is 2.12. The highest BCUT2D eigenvalue weighted by Crippen LogP contribution is 2.18. The van der Waals surface area contributed by atoms with Crippen LogP contribution in [0.2, 0.25) is 0 Å². The summed E-state index contributed by atoms with van der Waals surface area (Å²) in [6.45, 7) is 10.3. The molecular formula is C18H33IN4. The quantitative estimate of drug-likeness (QED) is 0.394. The topological polar surface area (TPSA) is 39.7 Å². The van der Waals surface area contributed by atoms with E-state index in [-0.39, 0.29) is 30.0 Å². The molecule has 0 heterocycles. The summed E-state index contributed by atoms with van der Waals surface area (Å²) in [7, 11) is 4.20. The van der Waals surface area contributed by atoms with Crippen LogP contribution in [0.1, 0.15) is 39.3 Å². The van der Waals surface area contributed by atoms with Crippen molar-refractivity contribution in [2.24, 2.45) is 10.9 Å². The van der Waals surface area contributed by atoms with E-state index in [4.69, 9.17) is 4.99 Å². The van der Waals surface area contributed by atoms with Crippen LogP contribution in [-0.2, 0) is 0 Å². The van der Waals surface area contributed by atoms with Gasteiger partial charge in [-0.25, -0.2) is 0 Å². The fourth-order valence-corrected chi connectivity index (χ4v) is 2.12. The molecule has 0 saturated heterocycles.